The van der Waals surface area contributed by atoms with E-state index in [1.165, 1.54) is 212 Å². The molecule has 0 radical (unpaired) electrons. The Balaban J connectivity index is 5.11. The number of quaternary nitrogens is 1. The zero-order chi connectivity index (χ0) is 62.1. The van der Waals surface area contributed by atoms with Crippen molar-refractivity contribution in [1.29, 1.82) is 0 Å². The standard InChI is InChI=1S/C75H139N2O7P/c1-7-10-13-16-19-22-25-28-30-32-34-36-37-38-39-41-42-44-46-49-52-55-58-61-64-67-74(78)76-72(71-83-85(80,81)82-70-69-77(4,5)6)73(66-63-60-57-54-51-48-27-24-21-18-15-12-9-3)84-75(79)68-65-62-59-56-53-50-47-45-43-40-35-33-31-29-26-23-20-17-14-11-8-2/h20,23,28-31,35,40,45,47,63,66,72-73H,7-19,21-22,24-27,32-34,36-39,41-44,46,48-62,64-65,67-71H2,1-6H3,(H-,76,78,80,81)/p+1/b23-20-,30-28+,31-29-,40-35-,47-45-,66-63-. The van der Waals surface area contributed by atoms with Gasteiger partial charge >= 0.3 is 13.8 Å². The summed E-state index contributed by atoms with van der Waals surface area (Å²) in [4.78, 5) is 37.9. The molecule has 0 rings (SSSR count). The van der Waals surface area contributed by atoms with Gasteiger partial charge in [-0.2, -0.15) is 0 Å². The number of hydrogen-bond acceptors (Lipinski definition) is 6. The number of unbranched alkanes of at least 4 members (excludes halogenated alkanes) is 40. The Kier molecular flexibility index (Phi) is 62.5. The number of esters is 1. The van der Waals surface area contributed by atoms with Gasteiger partial charge in [-0.1, -0.05) is 299 Å². The number of allylic oxidation sites excluding steroid dienone is 11. The van der Waals surface area contributed by atoms with Crippen LogP contribution in [0.3, 0.4) is 0 Å². The third kappa shape index (κ3) is 65.7. The number of carbonyl (C=O) groups is 2. The summed E-state index contributed by atoms with van der Waals surface area (Å²) in [6.07, 6.45) is 84.8. The molecule has 9 nitrogen and oxygen atoms in total. The van der Waals surface area contributed by atoms with E-state index in [1.54, 1.807) is 0 Å². The Bertz CT molecular complexity index is 1680. The second-order valence-electron chi connectivity index (χ2n) is 25.8. The summed E-state index contributed by atoms with van der Waals surface area (Å²) >= 11 is 0. The second-order valence-corrected chi connectivity index (χ2v) is 27.2. The molecule has 10 heteroatoms. The van der Waals surface area contributed by atoms with Crippen molar-refractivity contribution in [2.75, 3.05) is 40.9 Å². The van der Waals surface area contributed by atoms with Crippen molar-refractivity contribution < 1.29 is 37.3 Å². The minimum atomic E-state index is -4.46. The first-order valence-electron chi connectivity index (χ1n) is 36.3. The van der Waals surface area contributed by atoms with Gasteiger partial charge in [0.25, 0.3) is 0 Å². The number of amides is 1. The quantitative estimate of drug-likeness (QED) is 0.0205. The van der Waals surface area contributed by atoms with E-state index in [2.05, 4.69) is 86.8 Å². The van der Waals surface area contributed by atoms with Crippen LogP contribution in [0.15, 0.2) is 72.9 Å². The molecule has 85 heavy (non-hydrogen) atoms. The van der Waals surface area contributed by atoms with Crippen LogP contribution in [-0.4, -0.2) is 74.3 Å². The lowest BCUT2D eigenvalue weighted by atomic mass is 10.0. The van der Waals surface area contributed by atoms with Crippen LogP contribution in [-0.2, 0) is 27.9 Å². The molecule has 0 fully saturated rings. The molecule has 0 aliphatic rings. The van der Waals surface area contributed by atoms with Crippen molar-refractivity contribution in [2.24, 2.45) is 0 Å². The number of nitrogens with zero attached hydrogens (tertiary/aromatic N) is 1. The van der Waals surface area contributed by atoms with Crippen molar-refractivity contribution in [1.82, 2.24) is 5.32 Å². The molecular weight excluding hydrogens is 1070 g/mol. The van der Waals surface area contributed by atoms with E-state index in [0.29, 0.717) is 17.4 Å². The Hall–Kier alpha value is -2.55. The normalized spacial score (nSPS) is 13.9. The first-order valence-corrected chi connectivity index (χ1v) is 37.8. The van der Waals surface area contributed by atoms with Crippen molar-refractivity contribution in [3.05, 3.63) is 72.9 Å². The van der Waals surface area contributed by atoms with Crippen LogP contribution in [0.4, 0.5) is 0 Å². The fraction of sp³-hybridized carbons (Fsp3) is 0.813. The maximum Gasteiger partial charge on any atom is 0.472 e. The minimum absolute atomic E-state index is 0.0360. The van der Waals surface area contributed by atoms with Crippen LogP contribution in [0.1, 0.15) is 342 Å². The SMILES string of the molecule is CCCCC/C=C\C/C=C\C/C=C\C/C=C\CCCCCCCC(=O)OC(/C=C\CCCCCCCCCCCCC)C(COP(=O)(O)OCC[N+](C)(C)C)NC(=O)CCCCCCCCCCCCCCCCC/C=C/CCCCCCCC. The summed E-state index contributed by atoms with van der Waals surface area (Å²) in [5, 5.41) is 3.07. The first kappa shape index (κ1) is 82.5. The van der Waals surface area contributed by atoms with Crippen LogP contribution in [0.25, 0.3) is 0 Å². The molecule has 0 aromatic carbocycles. The zero-order valence-electron chi connectivity index (χ0n) is 56.9. The minimum Gasteiger partial charge on any atom is -0.456 e. The molecule has 496 valence electrons. The molecule has 1 amide bonds. The van der Waals surface area contributed by atoms with Crippen LogP contribution in [0.2, 0.25) is 0 Å². The number of phosphoric acid groups is 1. The maximum absolute atomic E-state index is 13.6. The Morgan fingerprint density at radius 1 is 0.412 bits per heavy atom. The molecule has 0 aromatic rings. The Labute approximate surface area is 527 Å². The van der Waals surface area contributed by atoms with Crippen LogP contribution in [0, 0.1) is 0 Å². The fourth-order valence-electron chi connectivity index (χ4n) is 10.5. The highest BCUT2D eigenvalue weighted by Crippen LogP contribution is 2.43. The monoisotopic (exact) mass is 1210 g/mol. The van der Waals surface area contributed by atoms with E-state index in [0.717, 1.165) is 96.3 Å². The number of likely N-dealkylation sites (N-methyl/N-ethyl adjacent to an activating group) is 1. The third-order valence-corrected chi connectivity index (χ3v) is 17.1. The summed E-state index contributed by atoms with van der Waals surface area (Å²) in [6.45, 7) is 7.01. The fourth-order valence-corrected chi connectivity index (χ4v) is 11.2. The largest absolute Gasteiger partial charge is 0.472 e. The second kappa shape index (κ2) is 64.4. The summed E-state index contributed by atoms with van der Waals surface area (Å²) in [5.41, 5.74) is 0. The lowest BCUT2D eigenvalue weighted by Crippen LogP contribution is -2.47. The van der Waals surface area contributed by atoms with Gasteiger partial charge in [0.1, 0.15) is 19.3 Å². The summed E-state index contributed by atoms with van der Waals surface area (Å²) in [6, 6.07) is -0.859. The molecule has 0 saturated heterocycles. The highest BCUT2D eigenvalue weighted by Gasteiger charge is 2.30. The van der Waals surface area contributed by atoms with Gasteiger partial charge in [0.15, 0.2) is 0 Å². The summed E-state index contributed by atoms with van der Waals surface area (Å²) < 4.78 is 30.8. The van der Waals surface area contributed by atoms with E-state index in [1.807, 2.05) is 33.3 Å². The zero-order valence-corrected chi connectivity index (χ0v) is 57.7. The number of hydrogen-bond donors (Lipinski definition) is 2. The number of rotatable bonds is 66. The van der Waals surface area contributed by atoms with Gasteiger partial charge in [-0.15, -0.1) is 0 Å². The molecule has 0 aliphatic heterocycles. The van der Waals surface area contributed by atoms with Crippen molar-refractivity contribution in [2.45, 2.75) is 354 Å². The number of nitrogens with one attached hydrogen (secondary N) is 1. The van der Waals surface area contributed by atoms with Gasteiger partial charge < -0.3 is 19.4 Å². The van der Waals surface area contributed by atoms with Crippen molar-refractivity contribution in [3.63, 3.8) is 0 Å². The Morgan fingerprint density at radius 2 is 0.718 bits per heavy atom. The molecular formula is C75H140N2O7P+. The van der Waals surface area contributed by atoms with Crippen LogP contribution < -0.4 is 5.32 Å². The third-order valence-electron chi connectivity index (χ3n) is 16.1. The molecule has 0 bridgehead atoms. The number of ether oxygens (including phenoxy) is 1. The average Bonchev–Trinajstić information content (AvgIpc) is 3.48. The van der Waals surface area contributed by atoms with E-state index in [4.69, 9.17) is 13.8 Å². The van der Waals surface area contributed by atoms with E-state index in [-0.39, 0.29) is 31.5 Å². The predicted molar refractivity (Wildman–Crippen MR) is 369 cm³/mol. The van der Waals surface area contributed by atoms with E-state index < -0.39 is 20.0 Å². The smallest absolute Gasteiger partial charge is 0.456 e. The predicted octanol–water partition coefficient (Wildman–Crippen LogP) is 23.1. The van der Waals surface area contributed by atoms with Crippen molar-refractivity contribution in [3.8, 4) is 0 Å². The highest BCUT2D eigenvalue weighted by atomic mass is 31.2. The van der Waals surface area contributed by atoms with Gasteiger partial charge in [-0.05, 0) is 102 Å². The van der Waals surface area contributed by atoms with Gasteiger partial charge in [0.2, 0.25) is 5.91 Å². The molecule has 0 heterocycles. The van der Waals surface area contributed by atoms with Crippen LogP contribution >= 0.6 is 7.82 Å². The first-order chi connectivity index (χ1) is 41.4. The summed E-state index contributed by atoms with van der Waals surface area (Å²) in [7, 11) is 1.49. The lowest BCUT2D eigenvalue weighted by Gasteiger charge is -2.27. The maximum atomic E-state index is 13.6. The highest BCUT2D eigenvalue weighted by molar-refractivity contribution is 7.47. The molecule has 0 aromatic heterocycles. The Morgan fingerprint density at radius 3 is 1.11 bits per heavy atom. The van der Waals surface area contributed by atoms with Gasteiger partial charge in [0, 0.05) is 12.8 Å². The topological polar surface area (TPSA) is 111 Å². The van der Waals surface area contributed by atoms with Gasteiger partial charge in [-0.3, -0.25) is 18.6 Å². The average molecular weight is 1210 g/mol. The summed E-state index contributed by atoms with van der Waals surface area (Å²) in [5.74, 6) is -0.515. The molecule has 3 atom stereocenters. The van der Waals surface area contributed by atoms with E-state index in [9.17, 15) is 19.0 Å². The van der Waals surface area contributed by atoms with Gasteiger partial charge in [-0.25, -0.2) is 4.57 Å². The number of phosphoric ester groups is 1. The molecule has 0 saturated carbocycles. The molecule has 3 unspecified atom stereocenters. The number of carbonyl (C=O) groups excluding carboxylic acids is 2. The molecule has 2 N–H and O–H groups in total. The molecule has 0 aliphatic carbocycles. The van der Waals surface area contributed by atoms with Gasteiger partial charge in [0.05, 0.1) is 33.8 Å². The van der Waals surface area contributed by atoms with E-state index >= 15 is 0 Å². The van der Waals surface area contributed by atoms with Crippen molar-refractivity contribution >= 4 is 19.7 Å². The lowest BCUT2D eigenvalue weighted by molar-refractivity contribution is -0.870. The molecule has 0 spiro atoms. The van der Waals surface area contributed by atoms with Crippen LogP contribution in [0.5, 0.6) is 0 Å².